The third-order valence-electron chi connectivity index (χ3n) is 4.52. The number of ether oxygens (including phenoxy) is 1. The summed E-state index contributed by atoms with van der Waals surface area (Å²) in [5, 5.41) is 8.28. The lowest BCUT2D eigenvalue weighted by molar-refractivity contribution is -0.122. The van der Waals surface area contributed by atoms with Crippen LogP contribution in [-0.2, 0) is 16.1 Å². The molecule has 7 heteroatoms. The van der Waals surface area contributed by atoms with E-state index in [9.17, 15) is 14.4 Å². The average molecular weight is 395 g/mol. The third-order valence-corrected chi connectivity index (χ3v) is 4.52. The number of carbonyl (C=O) groups excluding carboxylic acids is 3. The monoisotopic (exact) mass is 395 g/mol. The van der Waals surface area contributed by atoms with E-state index in [1.165, 1.54) is 0 Å². The van der Waals surface area contributed by atoms with E-state index in [0.717, 1.165) is 11.3 Å². The fraction of sp³-hybridized carbons (Fsp3) is 0.318. The molecule has 0 fully saturated rings. The first kappa shape index (κ1) is 20.4. The molecule has 3 rings (SSSR count). The van der Waals surface area contributed by atoms with Crippen molar-refractivity contribution in [3.05, 3.63) is 59.7 Å². The number of nitrogens with one attached hydrogen (secondary N) is 3. The Hall–Kier alpha value is -3.35. The highest BCUT2D eigenvalue weighted by atomic mass is 16.5. The van der Waals surface area contributed by atoms with E-state index in [0.29, 0.717) is 17.8 Å². The number of fused-ring (bicyclic) bond motifs is 1. The Balaban J connectivity index is 1.54. The molecule has 0 unspecified atom stereocenters. The largest absolute Gasteiger partial charge is 0.491 e. The van der Waals surface area contributed by atoms with Crippen LogP contribution in [0.4, 0.5) is 5.69 Å². The highest BCUT2D eigenvalue weighted by Crippen LogP contribution is 2.20. The van der Waals surface area contributed by atoms with Gasteiger partial charge in [0.1, 0.15) is 11.8 Å². The van der Waals surface area contributed by atoms with Crippen LogP contribution in [0.2, 0.25) is 0 Å². The van der Waals surface area contributed by atoms with E-state index in [2.05, 4.69) is 16.0 Å². The molecule has 0 saturated heterocycles. The van der Waals surface area contributed by atoms with E-state index < -0.39 is 6.04 Å². The van der Waals surface area contributed by atoms with Gasteiger partial charge >= 0.3 is 0 Å². The molecule has 1 heterocycles. The van der Waals surface area contributed by atoms with Crippen molar-refractivity contribution in [3.8, 4) is 5.75 Å². The summed E-state index contributed by atoms with van der Waals surface area (Å²) in [5.41, 5.74) is 1.77. The van der Waals surface area contributed by atoms with Crippen molar-refractivity contribution < 1.29 is 19.1 Å². The highest BCUT2D eigenvalue weighted by molar-refractivity contribution is 6.09. The first-order valence-corrected chi connectivity index (χ1v) is 9.66. The minimum Gasteiger partial charge on any atom is -0.491 e. The summed E-state index contributed by atoms with van der Waals surface area (Å²) in [7, 11) is 0. The van der Waals surface area contributed by atoms with Crippen LogP contribution in [-0.4, -0.2) is 29.9 Å². The molecule has 1 aliphatic heterocycles. The lowest BCUT2D eigenvalue weighted by Crippen LogP contribution is -2.42. The maximum Gasteiger partial charge on any atom is 0.254 e. The van der Waals surface area contributed by atoms with E-state index in [4.69, 9.17) is 4.74 Å². The summed E-state index contributed by atoms with van der Waals surface area (Å²) >= 11 is 0. The van der Waals surface area contributed by atoms with Gasteiger partial charge in [-0.05, 0) is 38.5 Å². The van der Waals surface area contributed by atoms with E-state index in [-0.39, 0.29) is 36.7 Å². The topological polar surface area (TPSA) is 96.5 Å². The summed E-state index contributed by atoms with van der Waals surface area (Å²) in [6, 6.07) is 13.6. The van der Waals surface area contributed by atoms with Gasteiger partial charge in [-0.3, -0.25) is 14.4 Å². The van der Waals surface area contributed by atoms with Gasteiger partial charge in [-0.25, -0.2) is 0 Å². The number of rotatable bonds is 7. The molecule has 3 N–H and O–H groups in total. The number of para-hydroxylation sites is 2. The molecule has 29 heavy (non-hydrogen) atoms. The van der Waals surface area contributed by atoms with Crippen molar-refractivity contribution in [1.82, 2.24) is 10.6 Å². The second-order valence-electron chi connectivity index (χ2n) is 7.15. The number of hydrogen-bond acceptors (Lipinski definition) is 4. The van der Waals surface area contributed by atoms with Crippen molar-refractivity contribution in [1.29, 1.82) is 0 Å². The zero-order chi connectivity index (χ0) is 20.8. The van der Waals surface area contributed by atoms with Gasteiger partial charge in [0.2, 0.25) is 11.8 Å². The van der Waals surface area contributed by atoms with Crippen LogP contribution in [0, 0.1) is 0 Å². The van der Waals surface area contributed by atoms with Crippen LogP contribution >= 0.6 is 0 Å². The number of benzene rings is 2. The van der Waals surface area contributed by atoms with Gasteiger partial charge in [0, 0.05) is 18.5 Å². The molecule has 0 aliphatic carbocycles. The molecule has 0 spiro atoms. The highest BCUT2D eigenvalue weighted by Gasteiger charge is 2.27. The van der Waals surface area contributed by atoms with Crippen molar-refractivity contribution in [2.75, 3.05) is 5.32 Å². The van der Waals surface area contributed by atoms with Gasteiger partial charge in [-0.1, -0.05) is 30.3 Å². The molecule has 1 atom stereocenters. The third kappa shape index (κ3) is 5.34. The van der Waals surface area contributed by atoms with Gasteiger partial charge in [-0.15, -0.1) is 0 Å². The smallest absolute Gasteiger partial charge is 0.254 e. The van der Waals surface area contributed by atoms with E-state index in [1.807, 2.05) is 38.1 Å². The number of carbonyl (C=O) groups is 3. The van der Waals surface area contributed by atoms with Gasteiger partial charge in [0.25, 0.3) is 5.91 Å². The lowest BCUT2D eigenvalue weighted by atomic mass is 10.1. The molecule has 3 amide bonds. The van der Waals surface area contributed by atoms with Crippen LogP contribution < -0.4 is 20.7 Å². The Morgan fingerprint density at radius 1 is 1.10 bits per heavy atom. The van der Waals surface area contributed by atoms with E-state index in [1.54, 1.807) is 24.3 Å². The Kier molecular flexibility index (Phi) is 6.49. The SMILES string of the molecule is CC(C)Oc1ccccc1CNC(=O)CC[C@@H]1NC(=O)c2ccccc2NC1=O. The zero-order valence-electron chi connectivity index (χ0n) is 16.5. The predicted molar refractivity (Wildman–Crippen MR) is 110 cm³/mol. The Morgan fingerprint density at radius 3 is 2.62 bits per heavy atom. The van der Waals surface area contributed by atoms with Crippen LogP contribution in [0.25, 0.3) is 0 Å². The van der Waals surface area contributed by atoms with Crippen molar-refractivity contribution in [3.63, 3.8) is 0 Å². The van der Waals surface area contributed by atoms with Gasteiger partial charge in [0.15, 0.2) is 0 Å². The molecule has 2 aromatic rings. The van der Waals surface area contributed by atoms with Crippen LogP contribution in [0.15, 0.2) is 48.5 Å². The maximum absolute atomic E-state index is 12.4. The quantitative estimate of drug-likeness (QED) is 0.671. The standard InChI is InChI=1S/C22H25N3O4/c1-14(2)29-19-10-6-3-7-15(19)13-23-20(26)12-11-18-22(28)24-17-9-5-4-8-16(17)21(27)25-18/h3-10,14,18H,11-13H2,1-2H3,(H,23,26)(H,24,28)(H,25,27)/t18-/m0/s1. The van der Waals surface area contributed by atoms with Crippen molar-refractivity contribution in [2.45, 2.75) is 45.4 Å². The first-order valence-electron chi connectivity index (χ1n) is 9.66. The summed E-state index contributed by atoms with van der Waals surface area (Å²) in [4.78, 5) is 37.0. The normalized spacial score (nSPS) is 15.8. The molecule has 0 saturated carbocycles. The molecule has 1 aliphatic rings. The Morgan fingerprint density at radius 2 is 1.83 bits per heavy atom. The molecule has 0 bridgehead atoms. The first-order chi connectivity index (χ1) is 13.9. The molecule has 2 aromatic carbocycles. The van der Waals surface area contributed by atoms with Crippen molar-refractivity contribution in [2.24, 2.45) is 0 Å². The predicted octanol–water partition coefficient (Wildman–Crippen LogP) is 2.62. The van der Waals surface area contributed by atoms with Crippen LogP contribution in [0.3, 0.4) is 0 Å². The molecular formula is C22H25N3O4. The number of anilines is 1. The summed E-state index contributed by atoms with van der Waals surface area (Å²) in [6.45, 7) is 4.22. The summed E-state index contributed by atoms with van der Waals surface area (Å²) in [5.74, 6) is -0.125. The molecular weight excluding hydrogens is 370 g/mol. The minimum absolute atomic E-state index is 0.0355. The van der Waals surface area contributed by atoms with Crippen molar-refractivity contribution >= 4 is 23.4 Å². The Labute approximate surface area is 169 Å². The number of hydrogen-bond donors (Lipinski definition) is 3. The number of amides is 3. The molecule has 0 aromatic heterocycles. The minimum atomic E-state index is -0.766. The van der Waals surface area contributed by atoms with Crippen LogP contribution in [0.1, 0.15) is 42.6 Å². The molecule has 152 valence electrons. The lowest BCUT2D eigenvalue weighted by Gasteiger charge is -2.16. The molecule has 0 radical (unpaired) electrons. The second-order valence-corrected chi connectivity index (χ2v) is 7.15. The van der Waals surface area contributed by atoms with E-state index >= 15 is 0 Å². The van der Waals surface area contributed by atoms with Gasteiger partial charge in [-0.2, -0.15) is 0 Å². The summed E-state index contributed by atoms with van der Waals surface area (Å²) < 4.78 is 5.75. The second kappa shape index (κ2) is 9.23. The molecule has 7 nitrogen and oxygen atoms in total. The average Bonchev–Trinajstić information content (AvgIpc) is 2.81. The van der Waals surface area contributed by atoms with Gasteiger partial charge < -0.3 is 20.7 Å². The van der Waals surface area contributed by atoms with Crippen LogP contribution in [0.5, 0.6) is 5.75 Å². The zero-order valence-corrected chi connectivity index (χ0v) is 16.5. The summed E-state index contributed by atoms with van der Waals surface area (Å²) in [6.07, 6.45) is 0.358. The Bertz CT molecular complexity index is 910. The maximum atomic E-state index is 12.4. The van der Waals surface area contributed by atoms with Gasteiger partial charge in [0.05, 0.1) is 17.4 Å². The fourth-order valence-electron chi connectivity index (χ4n) is 3.09. The fourth-order valence-corrected chi connectivity index (χ4v) is 3.09.